The van der Waals surface area contributed by atoms with Crippen LogP contribution in [0.2, 0.25) is 0 Å². The zero-order chi connectivity index (χ0) is 26.3. The van der Waals surface area contributed by atoms with Gasteiger partial charge in [-0.3, -0.25) is 9.36 Å². The number of halogens is 1. The number of ether oxygens (including phenoxy) is 2. The summed E-state index contributed by atoms with van der Waals surface area (Å²) < 4.78 is 13.8. The Labute approximate surface area is 224 Å². The third-order valence-corrected chi connectivity index (χ3v) is 7.69. The Morgan fingerprint density at radius 2 is 2.00 bits per heavy atom. The monoisotopic (exact) mass is 578 g/mol. The second-order valence-corrected chi connectivity index (χ2v) is 10.3. The number of nitrogens with zero attached hydrogens (tertiary/aromatic N) is 2. The lowest BCUT2D eigenvalue weighted by Gasteiger charge is -2.27. The summed E-state index contributed by atoms with van der Waals surface area (Å²) >= 11 is 4.60. The number of aromatic nitrogens is 1. The summed E-state index contributed by atoms with van der Waals surface area (Å²) in [5.74, 6) is 0.0479. The van der Waals surface area contributed by atoms with Gasteiger partial charge >= 0.3 is 5.97 Å². The highest BCUT2D eigenvalue weighted by Crippen LogP contribution is 2.40. The van der Waals surface area contributed by atoms with Crippen molar-refractivity contribution in [1.29, 1.82) is 0 Å². The van der Waals surface area contributed by atoms with Gasteiger partial charge in [0.05, 0.1) is 29.5 Å². The molecule has 5 rings (SSSR count). The predicted molar refractivity (Wildman–Crippen MR) is 147 cm³/mol. The van der Waals surface area contributed by atoms with Crippen LogP contribution in [0.15, 0.2) is 80.1 Å². The third kappa shape index (κ3) is 4.38. The molecule has 1 atom stereocenters. The number of hydrogen-bond donors (Lipinski definition) is 1. The Bertz CT molecular complexity index is 1770. The number of carbonyl (C=O) groups is 1. The number of aromatic hydroxyl groups is 1. The van der Waals surface area contributed by atoms with Gasteiger partial charge in [-0.05, 0) is 55.0 Å². The highest BCUT2D eigenvalue weighted by Gasteiger charge is 2.36. The van der Waals surface area contributed by atoms with Crippen LogP contribution in [0.3, 0.4) is 0 Å². The number of fused-ring (bicyclic) bond motifs is 2. The second-order valence-electron chi connectivity index (χ2n) is 8.41. The Hall–Kier alpha value is -3.69. The van der Waals surface area contributed by atoms with E-state index in [0.717, 1.165) is 15.2 Å². The lowest BCUT2D eigenvalue weighted by atomic mass is 9.90. The second kappa shape index (κ2) is 9.99. The van der Waals surface area contributed by atoms with E-state index in [-0.39, 0.29) is 23.5 Å². The van der Waals surface area contributed by atoms with Crippen LogP contribution < -0.4 is 19.6 Å². The minimum absolute atomic E-state index is 0.0460. The van der Waals surface area contributed by atoms with Gasteiger partial charge in [0.2, 0.25) is 0 Å². The summed E-state index contributed by atoms with van der Waals surface area (Å²) in [6.07, 6.45) is 1.63. The number of allylic oxidation sites excluding steroid dienone is 1. The van der Waals surface area contributed by atoms with E-state index in [1.54, 1.807) is 45.2 Å². The van der Waals surface area contributed by atoms with E-state index in [2.05, 4.69) is 20.9 Å². The molecule has 0 saturated heterocycles. The van der Waals surface area contributed by atoms with Crippen molar-refractivity contribution >= 4 is 50.1 Å². The first-order valence-corrected chi connectivity index (χ1v) is 13.2. The molecule has 1 aromatic heterocycles. The van der Waals surface area contributed by atoms with Crippen molar-refractivity contribution in [3.05, 3.63) is 101 Å². The lowest BCUT2D eigenvalue weighted by molar-refractivity contribution is -0.139. The molecular weight excluding hydrogens is 556 g/mol. The summed E-state index contributed by atoms with van der Waals surface area (Å²) in [6.45, 7) is 3.66. The largest absolute Gasteiger partial charge is 0.507 e. The number of hydrogen-bond acceptors (Lipinski definition) is 7. The molecule has 3 aromatic carbocycles. The smallest absolute Gasteiger partial charge is 0.338 e. The van der Waals surface area contributed by atoms with E-state index < -0.39 is 12.0 Å². The number of methoxy groups -OCH3 is 1. The molecule has 0 aliphatic carbocycles. The molecule has 1 aliphatic heterocycles. The first-order valence-electron chi connectivity index (χ1n) is 11.6. The van der Waals surface area contributed by atoms with Crippen LogP contribution in [0.25, 0.3) is 16.8 Å². The summed E-state index contributed by atoms with van der Waals surface area (Å²) in [7, 11) is 1.56. The highest BCUT2D eigenvalue weighted by atomic mass is 79.9. The molecular formula is C28H23BrN2O5S. The highest BCUT2D eigenvalue weighted by molar-refractivity contribution is 9.10. The zero-order valence-corrected chi connectivity index (χ0v) is 22.7. The summed E-state index contributed by atoms with van der Waals surface area (Å²) in [5, 5.41) is 12.1. The van der Waals surface area contributed by atoms with Crippen molar-refractivity contribution in [2.75, 3.05) is 13.7 Å². The Morgan fingerprint density at radius 3 is 2.76 bits per heavy atom. The molecule has 0 fully saturated rings. The molecule has 0 amide bonds. The maximum Gasteiger partial charge on any atom is 0.338 e. The number of rotatable bonds is 5. The van der Waals surface area contributed by atoms with Crippen molar-refractivity contribution < 1.29 is 19.4 Å². The molecule has 0 saturated carbocycles. The van der Waals surface area contributed by atoms with Gasteiger partial charge in [0.1, 0.15) is 17.5 Å². The SMILES string of the molecule is CCOC(=O)C1=C(C)N=c2s/c(=C\c3cc(Br)ccc3O)c(=O)n2[C@H]1c1c(OC)ccc2ccccc12. The fraction of sp³-hybridized carbons (Fsp3) is 0.179. The van der Waals surface area contributed by atoms with Crippen molar-refractivity contribution in [3.8, 4) is 11.5 Å². The van der Waals surface area contributed by atoms with Crippen molar-refractivity contribution in [2.24, 2.45) is 4.99 Å². The Balaban J connectivity index is 1.86. The maximum atomic E-state index is 13.9. The van der Waals surface area contributed by atoms with Gasteiger partial charge < -0.3 is 14.6 Å². The predicted octanol–water partition coefficient (Wildman–Crippen LogP) is 4.43. The number of thiazole rings is 1. The van der Waals surface area contributed by atoms with Gasteiger partial charge in [-0.15, -0.1) is 0 Å². The minimum atomic E-state index is -0.824. The average Bonchev–Trinajstić information content (AvgIpc) is 3.19. The Kier molecular flexibility index (Phi) is 6.74. The zero-order valence-electron chi connectivity index (χ0n) is 20.3. The lowest BCUT2D eigenvalue weighted by Crippen LogP contribution is -2.40. The van der Waals surface area contributed by atoms with Gasteiger partial charge in [0, 0.05) is 15.6 Å². The number of esters is 1. The van der Waals surface area contributed by atoms with Gasteiger partial charge in [0.15, 0.2) is 4.80 Å². The number of carbonyl (C=O) groups excluding carboxylic acids is 1. The van der Waals surface area contributed by atoms with Crippen LogP contribution >= 0.6 is 27.3 Å². The standard InChI is InChI=1S/C28H23BrN2O5S/c1-4-36-27(34)23-15(2)30-28-31(26(33)22(37-28)14-17-13-18(29)10-11-20(17)32)25(23)24-19-8-6-5-7-16(19)9-12-21(24)35-3/h5-14,25,32H,4H2,1-3H3/b22-14-/t25-/m1/s1. The topological polar surface area (TPSA) is 90.1 Å². The summed E-state index contributed by atoms with van der Waals surface area (Å²) in [4.78, 5) is 32.3. The van der Waals surface area contributed by atoms with E-state index >= 15 is 0 Å². The normalized spacial score (nSPS) is 15.5. The Morgan fingerprint density at radius 1 is 1.22 bits per heavy atom. The van der Waals surface area contributed by atoms with Crippen LogP contribution in [-0.2, 0) is 9.53 Å². The number of benzene rings is 3. The molecule has 0 unspecified atom stereocenters. The van der Waals surface area contributed by atoms with Crippen LogP contribution in [0, 0.1) is 0 Å². The number of phenolic OH excluding ortho intramolecular Hbond substituents is 1. The summed E-state index contributed by atoms with van der Waals surface area (Å²) in [6, 6.07) is 15.7. The van der Waals surface area contributed by atoms with Gasteiger partial charge in [-0.2, -0.15) is 0 Å². The fourth-order valence-electron chi connectivity index (χ4n) is 4.58. The molecule has 0 bridgehead atoms. The average molecular weight is 579 g/mol. The van der Waals surface area contributed by atoms with Crippen molar-refractivity contribution in [1.82, 2.24) is 4.57 Å². The van der Waals surface area contributed by atoms with E-state index in [0.29, 0.717) is 31.9 Å². The van der Waals surface area contributed by atoms with Gasteiger partial charge in [0.25, 0.3) is 5.56 Å². The van der Waals surface area contributed by atoms with Crippen LogP contribution in [-0.4, -0.2) is 29.4 Å². The molecule has 0 radical (unpaired) electrons. The van der Waals surface area contributed by atoms with E-state index in [1.807, 2.05) is 36.4 Å². The first kappa shape index (κ1) is 25.0. The van der Waals surface area contributed by atoms with Crippen LogP contribution in [0.5, 0.6) is 11.5 Å². The van der Waals surface area contributed by atoms with Crippen LogP contribution in [0.1, 0.15) is 31.0 Å². The minimum Gasteiger partial charge on any atom is -0.507 e. The molecule has 1 N–H and O–H groups in total. The molecule has 4 aromatic rings. The molecule has 37 heavy (non-hydrogen) atoms. The third-order valence-electron chi connectivity index (χ3n) is 6.22. The first-order chi connectivity index (χ1) is 17.8. The molecule has 0 spiro atoms. The van der Waals surface area contributed by atoms with Crippen molar-refractivity contribution in [3.63, 3.8) is 0 Å². The maximum absolute atomic E-state index is 13.9. The van der Waals surface area contributed by atoms with E-state index in [9.17, 15) is 14.7 Å². The van der Waals surface area contributed by atoms with Gasteiger partial charge in [-0.1, -0.05) is 57.6 Å². The van der Waals surface area contributed by atoms with Crippen LogP contribution in [0.4, 0.5) is 0 Å². The van der Waals surface area contributed by atoms with Crippen molar-refractivity contribution in [2.45, 2.75) is 19.9 Å². The molecule has 1 aliphatic rings. The molecule has 2 heterocycles. The molecule has 188 valence electrons. The summed E-state index contributed by atoms with van der Waals surface area (Å²) in [5.41, 5.74) is 1.57. The van der Waals surface area contributed by atoms with Gasteiger partial charge in [-0.25, -0.2) is 9.79 Å². The fourth-order valence-corrected chi connectivity index (χ4v) is 6.00. The molecule has 7 nitrogen and oxygen atoms in total. The van der Waals surface area contributed by atoms with E-state index in [1.165, 1.54) is 15.9 Å². The number of phenols is 1. The van der Waals surface area contributed by atoms with E-state index in [4.69, 9.17) is 9.47 Å². The molecule has 9 heteroatoms. The quantitative estimate of drug-likeness (QED) is 0.354.